The minimum Gasteiger partial charge on any atom is -0.296 e. The number of thiophene rings is 1. The van der Waals surface area contributed by atoms with Crippen LogP contribution in [0, 0.1) is 20.8 Å². The molecule has 3 aromatic heterocycles. The number of hydrogen-bond donors (Lipinski definition) is 1. The molecule has 0 aliphatic heterocycles. The third-order valence-corrected chi connectivity index (χ3v) is 6.96. The van der Waals surface area contributed by atoms with Crippen LogP contribution in [-0.2, 0) is 0 Å². The topological polar surface area (TPSA) is 80.7 Å². The summed E-state index contributed by atoms with van der Waals surface area (Å²) in [6.45, 7) is 6.02. The zero-order valence-corrected chi connectivity index (χ0v) is 17.3. The fourth-order valence-corrected chi connectivity index (χ4v) is 5.31. The molecule has 0 bridgehead atoms. The molecule has 3 heterocycles. The molecule has 6 nitrogen and oxygen atoms in total. The summed E-state index contributed by atoms with van der Waals surface area (Å²) in [5.74, 6) is -0.210. The standard InChI is InChI=1S/C18H15N5OS3/c1-9-10(2)25-16-14(9)17(20-8-19-16)27-13-7-5-4-6-12(13)15(24)21-18-23-22-11(3)26-18/h4-8H,1-3H3,(H,21,23,24). The summed E-state index contributed by atoms with van der Waals surface area (Å²) in [4.78, 5) is 24.6. The largest absolute Gasteiger partial charge is 0.296 e. The Morgan fingerprint density at radius 1 is 1.07 bits per heavy atom. The number of carbonyl (C=O) groups excluding carboxylic acids is 1. The van der Waals surface area contributed by atoms with Gasteiger partial charge in [-0.3, -0.25) is 10.1 Å². The zero-order valence-electron chi connectivity index (χ0n) is 14.8. The van der Waals surface area contributed by atoms with Gasteiger partial charge in [0, 0.05) is 15.2 Å². The van der Waals surface area contributed by atoms with Crippen LogP contribution in [0.2, 0.25) is 0 Å². The SMILES string of the molecule is Cc1nnc(NC(=O)c2ccccc2Sc2ncnc3sc(C)c(C)c23)s1. The second kappa shape index (κ2) is 7.34. The van der Waals surface area contributed by atoms with Crippen LogP contribution in [0.15, 0.2) is 40.5 Å². The number of amides is 1. The average Bonchev–Trinajstić information content (AvgIpc) is 3.19. The van der Waals surface area contributed by atoms with Gasteiger partial charge in [0.2, 0.25) is 5.13 Å². The van der Waals surface area contributed by atoms with E-state index in [4.69, 9.17) is 0 Å². The van der Waals surface area contributed by atoms with Gasteiger partial charge in [-0.05, 0) is 38.5 Å². The number of aryl methyl sites for hydroxylation is 3. The molecule has 0 saturated heterocycles. The predicted molar refractivity (Wildman–Crippen MR) is 110 cm³/mol. The Kier molecular flexibility index (Phi) is 4.90. The van der Waals surface area contributed by atoms with E-state index < -0.39 is 0 Å². The van der Waals surface area contributed by atoms with Crippen molar-refractivity contribution in [1.29, 1.82) is 0 Å². The van der Waals surface area contributed by atoms with Crippen molar-refractivity contribution in [2.75, 3.05) is 5.32 Å². The molecule has 4 rings (SSSR count). The summed E-state index contributed by atoms with van der Waals surface area (Å²) >= 11 is 4.48. The van der Waals surface area contributed by atoms with Crippen LogP contribution in [-0.4, -0.2) is 26.1 Å². The third kappa shape index (κ3) is 3.58. The maximum absolute atomic E-state index is 12.8. The van der Waals surface area contributed by atoms with Crippen molar-refractivity contribution < 1.29 is 4.79 Å². The first kappa shape index (κ1) is 18.0. The summed E-state index contributed by atoms with van der Waals surface area (Å²) in [6, 6.07) is 7.49. The first-order valence-electron chi connectivity index (χ1n) is 8.12. The Morgan fingerprint density at radius 3 is 2.67 bits per heavy atom. The smallest absolute Gasteiger partial charge is 0.258 e. The lowest BCUT2D eigenvalue weighted by Gasteiger charge is -2.09. The number of hydrogen-bond acceptors (Lipinski definition) is 8. The van der Waals surface area contributed by atoms with Crippen LogP contribution in [0.5, 0.6) is 0 Å². The number of benzene rings is 1. The molecular formula is C18H15N5OS3. The number of nitrogens with one attached hydrogen (secondary N) is 1. The van der Waals surface area contributed by atoms with Crippen molar-refractivity contribution in [3.63, 3.8) is 0 Å². The summed E-state index contributed by atoms with van der Waals surface area (Å²) in [7, 11) is 0. The number of anilines is 1. The van der Waals surface area contributed by atoms with Crippen LogP contribution in [0.25, 0.3) is 10.2 Å². The number of rotatable bonds is 4. The van der Waals surface area contributed by atoms with E-state index in [1.807, 2.05) is 25.1 Å². The normalized spacial score (nSPS) is 11.1. The molecule has 9 heteroatoms. The molecule has 0 aliphatic rings. The molecule has 4 aromatic rings. The van der Waals surface area contributed by atoms with Crippen LogP contribution < -0.4 is 5.32 Å². The first-order valence-corrected chi connectivity index (χ1v) is 10.6. The van der Waals surface area contributed by atoms with E-state index in [2.05, 4.69) is 39.3 Å². The predicted octanol–water partition coefficient (Wildman–Crippen LogP) is 4.87. The molecule has 0 atom stereocenters. The van der Waals surface area contributed by atoms with E-state index in [1.165, 1.54) is 33.5 Å². The number of fused-ring (bicyclic) bond motifs is 1. The lowest BCUT2D eigenvalue weighted by atomic mass is 10.2. The molecule has 0 radical (unpaired) electrons. The van der Waals surface area contributed by atoms with Crippen LogP contribution in [0.1, 0.15) is 25.8 Å². The van der Waals surface area contributed by atoms with E-state index >= 15 is 0 Å². The molecule has 1 N–H and O–H groups in total. The van der Waals surface area contributed by atoms with Crippen molar-refractivity contribution in [3.8, 4) is 0 Å². The molecule has 136 valence electrons. The summed E-state index contributed by atoms with van der Waals surface area (Å²) in [5.41, 5.74) is 1.76. The van der Waals surface area contributed by atoms with Gasteiger partial charge in [0.15, 0.2) is 0 Å². The number of aromatic nitrogens is 4. The second-order valence-corrected chi connectivity index (χ2v) is 9.24. The van der Waals surface area contributed by atoms with Gasteiger partial charge < -0.3 is 0 Å². The van der Waals surface area contributed by atoms with Crippen molar-refractivity contribution in [2.24, 2.45) is 0 Å². The lowest BCUT2D eigenvalue weighted by molar-refractivity contribution is 0.102. The minimum absolute atomic E-state index is 0.210. The first-order chi connectivity index (χ1) is 13.0. The van der Waals surface area contributed by atoms with Gasteiger partial charge >= 0.3 is 0 Å². The van der Waals surface area contributed by atoms with Gasteiger partial charge in [-0.1, -0.05) is 35.2 Å². The maximum Gasteiger partial charge on any atom is 0.258 e. The van der Waals surface area contributed by atoms with Crippen molar-refractivity contribution in [3.05, 3.63) is 51.6 Å². The second-order valence-electron chi connectivity index (χ2n) is 5.82. The van der Waals surface area contributed by atoms with Gasteiger partial charge in [0.05, 0.1) is 5.56 Å². The summed E-state index contributed by atoms with van der Waals surface area (Å²) in [5, 5.41) is 13.9. The molecule has 1 aromatic carbocycles. The number of nitrogens with zero attached hydrogens (tertiary/aromatic N) is 4. The van der Waals surface area contributed by atoms with Crippen LogP contribution >= 0.6 is 34.4 Å². The highest BCUT2D eigenvalue weighted by molar-refractivity contribution is 7.99. The highest BCUT2D eigenvalue weighted by Gasteiger charge is 2.17. The monoisotopic (exact) mass is 413 g/mol. The highest BCUT2D eigenvalue weighted by atomic mass is 32.2. The summed E-state index contributed by atoms with van der Waals surface area (Å²) in [6.07, 6.45) is 1.58. The van der Waals surface area contributed by atoms with Crippen LogP contribution in [0.3, 0.4) is 0 Å². The molecule has 27 heavy (non-hydrogen) atoms. The minimum atomic E-state index is -0.210. The third-order valence-electron chi connectivity index (χ3n) is 4.02. The number of carbonyl (C=O) groups is 1. The fraction of sp³-hybridized carbons (Fsp3) is 0.167. The van der Waals surface area contributed by atoms with E-state index in [1.54, 1.807) is 23.7 Å². The Morgan fingerprint density at radius 2 is 1.89 bits per heavy atom. The lowest BCUT2D eigenvalue weighted by Crippen LogP contribution is -2.12. The van der Waals surface area contributed by atoms with Gasteiger partial charge in [0.1, 0.15) is 21.2 Å². The molecule has 0 saturated carbocycles. The van der Waals surface area contributed by atoms with Crippen molar-refractivity contribution in [1.82, 2.24) is 20.2 Å². The Balaban J connectivity index is 1.69. The van der Waals surface area contributed by atoms with Gasteiger partial charge in [0.25, 0.3) is 5.91 Å². The van der Waals surface area contributed by atoms with E-state index in [9.17, 15) is 4.79 Å². The zero-order chi connectivity index (χ0) is 19.0. The van der Waals surface area contributed by atoms with Crippen molar-refractivity contribution >= 4 is 55.7 Å². The average molecular weight is 414 g/mol. The molecule has 0 fully saturated rings. The Labute approximate surface area is 168 Å². The Hall–Kier alpha value is -2.36. The fourth-order valence-electron chi connectivity index (χ4n) is 2.59. The quantitative estimate of drug-likeness (QED) is 0.481. The molecular weight excluding hydrogens is 398 g/mol. The maximum atomic E-state index is 12.8. The Bertz CT molecular complexity index is 1150. The highest BCUT2D eigenvalue weighted by Crippen LogP contribution is 2.38. The molecule has 0 spiro atoms. The van der Waals surface area contributed by atoms with E-state index in [0.717, 1.165) is 25.1 Å². The van der Waals surface area contributed by atoms with E-state index in [-0.39, 0.29) is 5.91 Å². The molecule has 1 amide bonds. The molecule has 0 aliphatic carbocycles. The van der Waals surface area contributed by atoms with Crippen molar-refractivity contribution in [2.45, 2.75) is 30.7 Å². The van der Waals surface area contributed by atoms with Gasteiger partial charge in [-0.15, -0.1) is 21.5 Å². The van der Waals surface area contributed by atoms with Crippen LogP contribution in [0.4, 0.5) is 5.13 Å². The van der Waals surface area contributed by atoms with Gasteiger partial charge in [-0.2, -0.15) is 0 Å². The molecule has 0 unspecified atom stereocenters. The van der Waals surface area contributed by atoms with E-state index in [0.29, 0.717) is 10.7 Å². The summed E-state index contributed by atoms with van der Waals surface area (Å²) < 4.78 is 0. The van der Waals surface area contributed by atoms with Gasteiger partial charge in [-0.25, -0.2) is 9.97 Å².